The molecule has 0 aliphatic carbocycles. The van der Waals surface area contributed by atoms with Crippen LogP contribution in [-0.4, -0.2) is 131 Å². The number of anilines is 2. The maximum atomic E-state index is 14.0. The average Bonchev–Trinajstić information content (AvgIpc) is 3.25. The van der Waals surface area contributed by atoms with Crippen molar-refractivity contribution in [1.29, 1.82) is 0 Å². The molecule has 4 aromatic rings. The van der Waals surface area contributed by atoms with E-state index in [4.69, 9.17) is 0 Å². The molecule has 0 atom stereocenters. The Hall–Kier alpha value is -3.79. The van der Waals surface area contributed by atoms with Gasteiger partial charge in [0, 0.05) is 97.1 Å². The number of nitrogens with one attached hydrogen (secondary N) is 2. The van der Waals surface area contributed by atoms with Crippen LogP contribution in [0.1, 0.15) is 59.7 Å². The molecule has 2 N–H and O–H groups in total. The summed E-state index contributed by atoms with van der Waals surface area (Å²) in [5.74, 6) is 2.23. The molecule has 0 saturated carbocycles. The smallest absolute Gasteiger partial charge is 0.323 e. The highest BCUT2D eigenvalue weighted by atomic mass is 127. The van der Waals surface area contributed by atoms with Gasteiger partial charge in [-0.05, 0) is 134 Å². The fourth-order valence-electron chi connectivity index (χ4n) is 8.03. The van der Waals surface area contributed by atoms with Crippen molar-refractivity contribution in [2.75, 3.05) is 102 Å². The van der Waals surface area contributed by atoms with E-state index in [1.54, 1.807) is 63.1 Å². The number of nitrogens with zero attached hydrogens (tertiary/aromatic N) is 4. The molecule has 6 rings (SSSR count). The minimum Gasteiger partial charge on any atom is -0.323 e. The molecule has 0 radical (unpaired) electrons. The molecule has 386 valence electrons. The van der Waals surface area contributed by atoms with Gasteiger partial charge >= 0.3 is 12.4 Å². The molecule has 0 unspecified atom stereocenters. The van der Waals surface area contributed by atoms with Gasteiger partial charge in [0.2, 0.25) is 0 Å². The van der Waals surface area contributed by atoms with Gasteiger partial charge in [-0.1, -0.05) is 49.8 Å². The Balaban J connectivity index is 0.000000267. The monoisotopic (exact) mass is 1160 g/mol. The Morgan fingerprint density at radius 1 is 0.592 bits per heavy atom. The van der Waals surface area contributed by atoms with E-state index in [1.807, 2.05) is 23.6 Å². The Labute approximate surface area is 429 Å². The first-order valence-electron chi connectivity index (χ1n) is 23.2. The van der Waals surface area contributed by atoms with Crippen molar-refractivity contribution in [3.63, 3.8) is 0 Å². The third-order valence-corrected chi connectivity index (χ3v) is 15.9. The Morgan fingerprint density at radius 3 is 1.34 bits per heavy atom. The zero-order valence-corrected chi connectivity index (χ0v) is 46.8. The Kier molecular flexibility index (Phi) is 19.7. The molecule has 71 heavy (non-hydrogen) atoms. The second-order valence-corrected chi connectivity index (χ2v) is 33.1. The van der Waals surface area contributed by atoms with Gasteiger partial charge in [-0.15, -0.1) is 5.54 Å². The number of hydrogen-bond donors (Lipinski definition) is 2. The fraction of sp³-hybridized carbons (Fsp3) is 0.451. The molecule has 2 fully saturated rings. The van der Waals surface area contributed by atoms with E-state index in [2.05, 4.69) is 74.1 Å². The number of halogens is 7. The van der Waals surface area contributed by atoms with Gasteiger partial charge in [0.15, 0.2) is 0 Å². The van der Waals surface area contributed by atoms with Crippen molar-refractivity contribution in [2.24, 2.45) is 0 Å². The van der Waals surface area contributed by atoms with Crippen LogP contribution in [0.3, 0.4) is 0 Å². The standard InChI is InChI=1S/C28H37F3N3O2PSi.C23H28F3IN3O2P/c1-21-7-8-23(17-22(21)11-16-38(4,5)6)27(35)32-25-10-9-24(26(18-25)28(29,30)31)19-33-12-14-34(15-13-33)20-37(2,3)36;1-16-4-5-17(12-21(16)27)22(31)28-19-7-6-18(20(13-19)23(24,25)26)14-29-8-10-30(11-9-29)15-33(2,3)32/h7-10,17-18H,12-15,19-20H2,1-6H3,(H,32,35);4-7,12-13H,8-11,14-15H2,1-3H3,(H,28,31). The van der Waals surface area contributed by atoms with Crippen LogP contribution < -0.4 is 10.6 Å². The quantitative estimate of drug-likeness (QED) is 0.0475. The number of rotatable bonds is 12. The maximum Gasteiger partial charge on any atom is 0.416 e. The summed E-state index contributed by atoms with van der Waals surface area (Å²) in [5.41, 5.74) is 5.77. The zero-order chi connectivity index (χ0) is 52.7. The number of carbonyl (C=O) groups excluding carboxylic acids is 2. The first-order chi connectivity index (χ1) is 32.8. The summed E-state index contributed by atoms with van der Waals surface area (Å²) < 4.78 is 108. The topological polar surface area (TPSA) is 105 Å². The SMILES string of the molecule is Cc1ccc(C(=O)Nc2ccc(CN3CCN(CP(C)(C)=O)CC3)c(C(F)(F)F)c2)cc1C#C[Si](C)(C)C.Cc1ccc(C(=O)Nc2ccc(CN3CCN(CP(C)(C)=O)CC3)c(C(F)(F)F)c2)cc1I. The molecule has 0 bridgehead atoms. The van der Waals surface area contributed by atoms with Gasteiger partial charge < -0.3 is 19.8 Å². The summed E-state index contributed by atoms with van der Waals surface area (Å²) in [6.45, 7) is 22.7. The average molecular weight is 1160 g/mol. The fourth-order valence-corrected chi connectivity index (χ4v) is 11.5. The minimum absolute atomic E-state index is 0.0906. The van der Waals surface area contributed by atoms with Crippen LogP contribution in [0.2, 0.25) is 19.6 Å². The van der Waals surface area contributed by atoms with Crippen LogP contribution >= 0.6 is 36.9 Å². The van der Waals surface area contributed by atoms with Gasteiger partial charge in [-0.2, -0.15) is 26.3 Å². The summed E-state index contributed by atoms with van der Waals surface area (Å²) in [7, 11) is -5.97. The lowest BCUT2D eigenvalue weighted by atomic mass is 10.0. The second-order valence-electron chi connectivity index (χ2n) is 20.4. The maximum absolute atomic E-state index is 14.0. The van der Waals surface area contributed by atoms with Crippen molar-refractivity contribution in [2.45, 2.75) is 58.9 Å². The van der Waals surface area contributed by atoms with E-state index in [1.165, 1.54) is 24.3 Å². The van der Waals surface area contributed by atoms with Crippen molar-refractivity contribution in [1.82, 2.24) is 19.6 Å². The molecule has 0 spiro atoms. The number of piperazine rings is 2. The number of hydrogen-bond acceptors (Lipinski definition) is 8. The normalized spacial score (nSPS) is 15.8. The predicted molar refractivity (Wildman–Crippen MR) is 286 cm³/mol. The predicted octanol–water partition coefficient (Wildman–Crippen LogP) is 11.8. The molecule has 20 heteroatoms. The molecule has 2 amide bonds. The Bertz CT molecular complexity index is 2710. The van der Waals surface area contributed by atoms with Crippen LogP contribution in [0.25, 0.3) is 0 Å². The van der Waals surface area contributed by atoms with Crippen LogP contribution in [0.15, 0.2) is 72.8 Å². The van der Waals surface area contributed by atoms with Gasteiger partial charge in [-0.25, -0.2) is 0 Å². The number of alkyl halides is 6. The highest BCUT2D eigenvalue weighted by Gasteiger charge is 2.36. The largest absolute Gasteiger partial charge is 0.416 e. The van der Waals surface area contributed by atoms with Crippen molar-refractivity contribution < 1.29 is 45.1 Å². The molecule has 4 aromatic carbocycles. The van der Waals surface area contributed by atoms with Gasteiger partial charge in [0.05, 0.1) is 38.0 Å². The number of benzene rings is 4. The minimum atomic E-state index is -4.56. The lowest BCUT2D eigenvalue weighted by molar-refractivity contribution is -0.139. The van der Waals surface area contributed by atoms with Crippen LogP contribution in [0, 0.1) is 28.9 Å². The zero-order valence-electron chi connectivity index (χ0n) is 41.9. The lowest BCUT2D eigenvalue weighted by Gasteiger charge is -2.35. The van der Waals surface area contributed by atoms with Crippen LogP contribution in [0.4, 0.5) is 37.7 Å². The third-order valence-electron chi connectivity index (χ3n) is 11.7. The number of aryl methyl sites for hydroxylation is 2. The van der Waals surface area contributed by atoms with Crippen molar-refractivity contribution in [3.05, 3.63) is 126 Å². The van der Waals surface area contributed by atoms with E-state index in [0.717, 1.165) is 32.4 Å². The van der Waals surface area contributed by atoms with E-state index in [9.17, 15) is 45.1 Å². The van der Waals surface area contributed by atoms with E-state index < -0.39 is 57.7 Å². The molecule has 0 aromatic heterocycles. The first-order valence-corrected chi connectivity index (χ1v) is 33.4. The molecule has 2 saturated heterocycles. The second kappa shape index (κ2) is 24.0. The Morgan fingerprint density at radius 2 is 0.972 bits per heavy atom. The molecule has 2 aliphatic heterocycles. The molecular formula is C51H65F6IN6O4P2Si. The summed E-state index contributed by atoms with van der Waals surface area (Å²) in [5, 5.41) is 5.21. The summed E-state index contributed by atoms with van der Waals surface area (Å²) in [6, 6.07) is 18.2. The number of carbonyl (C=O) groups is 2. The van der Waals surface area contributed by atoms with Gasteiger partial charge in [0.1, 0.15) is 8.07 Å². The van der Waals surface area contributed by atoms with E-state index in [-0.39, 0.29) is 35.6 Å². The van der Waals surface area contributed by atoms with Crippen LogP contribution in [0.5, 0.6) is 0 Å². The third kappa shape index (κ3) is 18.9. The molecule has 10 nitrogen and oxygen atoms in total. The van der Waals surface area contributed by atoms with E-state index in [0.29, 0.717) is 76.1 Å². The lowest BCUT2D eigenvalue weighted by Crippen LogP contribution is -2.46. The summed E-state index contributed by atoms with van der Waals surface area (Å²) >= 11 is 2.12. The van der Waals surface area contributed by atoms with Crippen LogP contribution in [-0.2, 0) is 34.6 Å². The number of amides is 2. The first kappa shape index (κ1) is 58.1. The highest BCUT2D eigenvalue weighted by Crippen LogP contribution is 2.39. The van der Waals surface area contributed by atoms with Gasteiger partial charge in [-0.3, -0.25) is 29.2 Å². The van der Waals surface area contributed by atoms with Crippen molar-refractivity contribution >= 4 is 68.1 Å². The molecular weight excluding hydrogens is 1090 g/mol. The molecule has 2 heterocycles. The van der Waals surface area contributed by atoms with Crippen molar-refractivity contribution in [3.8, 4) is 11.5 Å². The highest BCUT2D eigenvalue weighted by molar-refractivity contribution is 14.1. The van der Waals surface area contributed by atoms with Gasteiger partial charge in [0.25, 0.3) is 11.8 Å². The summed E-state index contributed by atoms with van der Waals surface area (Å²) in [4.78, 5) is 33.6. The molecule has 2 aliphatic rings. The van der Waals surface area contributed by atoms with E-state index >= 15 is 0 Å². The summed E-state index contributed by atoms with van der Waals surface area (Å²) in [6.07, 6.45) is -8.04.